The van der Waals surface area contributed by atoms with Gasteiger partial charge in [0.1, 0.15) is 13.1 Å². The fourth-order valence-electron chi connectivity index (χ4n) is 3.97. The number of likely N-dealkylation sites (N-methyl/N-ethyl adjacent to an activating group) is 1. The number of amidine groups is 1. The smallest absolute Gasteiger partial charge is 0.217 e. The average Bonchev–Trinajstić information content (AvgIpc) is 3.05. The molecule has 0 aromatic carbocycles. The maximum atomic E-state index is 11.1. The lowest BCUT2D eigenvalue weighted by molar-refractivity contribution is -0.833. The first-order valence-electron chi connectivity index (χ1n) is 11.4. The number of hydrogen-bond acceptors (Lipinski definition) is 2. The van der Waals surface area contributed by atoms with Gasteiger partial charge in [0, 0.05) is 13.3 Å². The van der Waals surface area contributed by atoms with Crippen molar-refractivity contribution >= 4 is 11.7 Å². The van der Waals surface area contributed by atoms with Crippen LogP contribution < -0.4 is 5.32 Å². The molecule has 1 aliphatic heterocycles. The Labute approximate surface area is 168 Å². The number of aliphatic imine (C=N–C) groups is 1. The molecule has 1 heterocycles. The van der Waals surface area contributed by atoms with Crippen LogP contribution in [0.4, 0.5) is 0 Å². The van der Waals surface area contributed by atoms with Gasteiger partial charge in [0.05, 0.1) is 19.6 Å². The number of carbonyl (C=O) groups is 1. The molecule has 156 valence electrons. The summed E-state index contributed by atoms with van der Waals surface area (Å²) >= 11 is 0. The Hall–Kier alpha value is -1.16. The predicted octanol–water partition coefficient (Wildman–Crippen LogP) is 5.24. The van der Waals surface area contributed by atoms with E-state index in [0.717, 1.165) is 43.6 Å². The number of carbonyl (C=O) groups excluding carboxylic acids is 1. The van der Waals surface area contributed by atoms with Crippen molar-refractivity contribution in [3.8, 4) is 0 Å². The van der Waals surface area contributed by atoms with E-state index in [2.05, 4.69) is 31.3 Å². The molecule has 0 aliphatic carbocycles. The molecule has 0 saturated carbocycles. The molecule has 1 N–H and O–H groups in total. The Morgan fingerprint density at radius 3 is 2.33 bits per heavy atom. The minimum atomic E-state index is 0.0657. The lowest BCUT2D eigenvalue weighted by Gasteiger charge is -2.33. The molecule has 0 aromatic rings. The minimum absolute atomic E-state index is 0.0657. The van der Waals surface area contributed by atoms with Crippen LogP contribution in [0.3, 0.4) is 0 Å². The van der Waals surface area contributed by atoms with Gasteiger partial charge in [0.15, 0.2) is 5.84 Å². The zero-order chi connectivity index (χ0) is 19.8. The molecule has 1 rings (SSSR count). The molecular formula is C23H44N3O+. The molecule has 0 aromatic heterocycles. The molecule has 0 spiro atoms. The van der Waals surface area contributed by atoms with Crippen LogP contribution >= 0.6 is 0 Å². The van der Waals surface area contributed by atoms with Crippen LogP contribution in [0.5, 0.6) is 0 Å². The summed E-state index contributed by atoms with van der Waals surface area (Å²) in [5.41, 5.74) is 0. The normalized spacial score (nSPS) is 19.6. The summed E-state index contributed by atoms with van der Waals surface area (Å²) in [6.07, 6.45) is 19.0. The molecule has 0 radical (unpaired) electrons. The first-order valence-corrected chi connectivity index (χ1v) is 11.4. The zero-order valence-corrected chi connectivity index (χ0v) is 18.3. The van der Waals surface area contributed by atoms with E-state index in [0.29, 0.717) is 0 Å². The van der Waals surface area contributed by atoms with E-state index in [1.807, 2.05) is 0 Å². The van der Waals surface area contributed by atoms with Gasteiger partial charge in [-0.15, -0.1) is 0 Å². The standard InChI is InChI=1S/C23H43N3O/c1-4-6-7-8-9-10-11-12-13-14-15-16-17-23-25-19-21-26(23,5-2)20-18-24-22(3)27/h11-12H,4-10,13-21H2,1-3H3/p+1/b12-11+. The fraction of sp³-hybridized carbons (Fsp3) is 0.826. The number of amides is 1. The third kappa shape index (κ3) is 10.1. The highest BCUT2D eigenvalue weighted by atomic mass is 16.1. The first kappa shape index (κ1) is 23.9. The van der Waals surface area contributed by atoms with Crippen molar-refractivity contribution < 1.29 is 9.28 Å². The number of hydrogen-bond donors (Lipinski definition) is 1. The third-order valence-electron chi connectivity index (χ3n) is 5.80. The molecule has 1 aliphatic rings. The Bertz CT molecular complexity index is 459. The van der Waals surface area contributed by atoms with E-state index in [-0.39, 0.29) is 5.91 Å². The van der Waals surface area contributed by atoms with E-state index in [4.69, 9.17) is 4.99 Å². The van der Waals surface area contributed by atoms with Crippen LogP contribution in [-0.4, -0.2) is 48.9 Å². The van der Waals surface area contributed by atoms with Gasteiger partial charge in [-0.05, 0) is 39.0 Å². The van der Waals surface area contributed by atoms with E-state index in [1.165, 1.54) is 70.0 Å². The molecule has 1 unspecified atom stereocenters. The number of nitrogens with one attached hydrogen (secondary N) is 1. The lowest BCUT2D eigenvalue weighted by Crippen LogP contribution is -2.54. The second-order valence-corrected chi connectivity index (χ2v) is 7.96. The maximum Gasteiger partial charge on any atom is 0.217 e. The molecule has 27 heavy (non-hydrogen) atoms. The number of allylic oxidation sites excluding steroid dienone is 2. The Morgan fingerprint density at radius 2 is 1.70 bits per heavy atom. The van der Waals surface area contributed by atoms with E-state index >= 15 is 0 Å². The van der Waals surface area contributed by atoms with Gasteiger partial charge in [-0.1, -0.05) is 51.2 Å². The van der Waals surface area contributed by atoms with Crippen molar-refractivity contribution in [1.29, 1.82) is 0 Å². The third-order valence-corrected chi connectivity index (χ3v) is 5.80. The highest BCUT2D eigenvalue weighted by molar-refractivity contribution is 5.77. The van der Waals surface area contributed by atoms with E-state index in [1.54, 1.807) is 6.92 Å². The molecule has 1 amide bonds. The van der Waals surface area contributed by atoms with Crippen molar-refractivity contribution in [2.45, 2.75) is 91.4 Å². The Balaban J connectivity index is 2.13. The van der Waals surface area contributed by atoms with Gasteiger partial charge in [0.2, 0.25) is 5.91 Å². The first-order chi connectivity index (χ1) is 13.1. The molecule has 0 saturated heterocycles. The highest BCUT2D eigenvalue weighted by Gasteiger charge is 2.35. The quantitative estimate of drug-likeness (QED) is 0.223. The van der Waals surface area contributed by atoms with Gasteiger partial charge in [-0.25, -0.2) is 4.99 Å². The van der Waals surface area contributed by atoms with Crippen LogP contribution in [0.25, 0.3) is 0 Å². The predicted molar refractivity (Wildman–Crippen MR) is 117 cm³/mol. The van der Waals surface area contributed by atoms with Gasteiger partial charge < -0.3 is 5.32 Å². The Kier molecular flexibility index (Phi) is 13.1. The SMILES string of the molecule is CCCCCCC/C=C/CCCCCC1=NCC[N+]1(CC)CCNC(C)=O. The van der Waals surface area contributed by atoms with Gasteiger partial charge in [-0.2, -0.15) is 0 Å². The Morgan fingerprint density at radius 1 is 1.04 bits per heavy atom. The molecule has 4 nitrogen and oxygen atoms in total. The summed E-state index contributed by atoms with van der Waals surface area (Å²) in [5.74, 6) is 1.43. The highest BCUT2D eigenvalue weighted by Crippen LogP contribution is 2.19. The second-order valence-electron chi connectivity index (χ2n) is 7.96. The minimum Gasteiger partial charge on any atom is -0.351 e. The second kappa shape index (κ2) is 14.8. The summed E-state index contributed by atoms with van der Waals surface area (Å²) in [6, 6.07) is 0. The fourth-order valence-corrected chi connectivity index (χ4v) is 3.97. The molecule has 0 bridgehead atoms. The van der Waals surface area contributed by atoms with Crippen molar-refractivity contribution in [3.05, 3.63) is 12.2 Å². The van der Waals surface area contributed by atoms with Crippen LogP contribution in [0.15, 0.2) is 17.1 Å². The van der Waals surface area contributed by atoms with E-state index < -0.39 is 0 Å². The summed E-state index contributed by atoms with van der Waals surface area (Å²) in [7, 11) is 0. The van der Waals surface area contributed by atoms with Crippen molar-refractivity contribution in [2.75, 3.05) is 32.7 Å². The molecular weight excluding hydrogens is 334 g/mol. The number of rotatable bonds is 16. The topological polar surface area (TPSA) is 41.5 Å². The molecule has 0 fully saturated rings. The van der Waals surface area contributed by atoms with Gasteiger partial charge in [-0.3, -0.25) is 9.28 Å². The van der Waals surface area contributed by atoms with Crippen LogP contribution in [0.2, 0.25) is 0 Å². The van der Waals surface area contributed by atoms with Gasteiger partial charge in [0.25, 0.3) is 0 Å². The van der Waals surface area contributed by atoms with E-state index in [9.17, 15) is 4.79 Å². The van der Waals surface area contributed by atoms with Crippen molar-refractivity contribution in [2.24, 2.45) is 4.99 Å². The monoisotopic (exact) mass is 378 g/mol. The van der Waals surface area contributed by atoms with Crippen LogP contribution in [0, 0.1) is 0 Å². The summed E-state index contributed by atoms with van der Waals surface area (Å²) in [5, 5.41) is 2.95. The summed E-state index contributed by atoms with van der Waals surface area (Å²) in [4.78, 5) is 15.9. The van der Waals surface area contributed by atoms with Crippen LogP contribution in [-0.2, 0) is 4.79 Å². The average molecular weight is 379 g/mol. The summed E-state index contributed by atoms with van der Waals surface area (Å²) < 4.78 is 0.984. The lowest BCUT2D eigenvalue weighted by atomic mass is 10.1. The largest absolute Gasteiger partial charge is 0.351 e. The number of nitrogens with zero attached hydrogens (tertiary/aromatic N) is 2. The number of unbranched alkanes of at least 4 members (excludes halogenated alkanes) is 8. The molecule has 4 heteroatoms. The zero-order valence-electron chi connectivity index (χ0n) is 18.3. The number of quaternary nitrogens is 1. The molecule has 1 atom stereocenters. The van der Waals surface area contributed by atoms with Crippen molar-refractivity contribution in [1.82, 2.24) is 5.32 Å². The maximum absolute atomic E-state index is 11.1. The summed E-state index contributed by atoms with van der Waals surface area (Å²) in [6.45, 7) is 11.0. The van der Waals surface area contributed by atoms with Crippen LogP contribution in [0.1, 0.15) is 91.4 Å². The van der Waals surface area contributed by atoms with Gasteiger partial charge >= 0.3 is 0 Å². The van der Waals surface area contributed by atoms with Crippen molar-refractivity contribution in [3.63, 3.8) is 0 Å².